The first-order valence-electron chi connectivity index (χ1n) is 10.6. The molecule has 2 fully saturated rings. The summed E-state index contributed by atoms with van der Waals surface area (Å²) in [7, 11) is 0. The maximum absolute atomic E-state index is 14.5. The largest absolute Gasteiger partial charge is 0.378 e. The summed E-state index contributed by atoms with van der Waals surface area (Å²) in [5.74, 6) is -0.640. The first kappa shape index (κ1) is 20.4. The molecule has 1 saturated heterocycles. The Morgan fingerprint density at radius 1 is 1.03 bits per heavy atom. The maximum atomic E-state index is 14.5. The van der Waals surface area contributed by atoms with E-state index in [0.29, 0.717) is 31.2 Å². The SMILES string of the molecule is CC(=O)N1CC[C@H](Nc2cc([C@@H]3C[C@H]3c3cnc(-c4ncccn4)nc3)cc(F)c2F)C1. The number of amides is 1. The van der Waals surface area contributed by atoms with Gasteiger partial charge in [0, 0.05) is 50.8 Å². The molecule has 0 unspecified atom stereocenters. The fraction of sp³-hybridized carbons (Fsp3) is 0.348. The van der Waals surface area contributed by atoms with Crippen molar-refractivity contribution in [1.29, 1.82) is 0 Å². The molecule has 1 aromatic carbocycles. The van der Waals surface area contributed by atoms with E-state index >= 15 is 0 Å². The predicted octanol–water partition coefficient (Wildman–Crippen LogP) is 3.52. The van der Waals surface area contributed by atoms with Crippen LogP contribution in [0, 0.1) is 11.6 Å². The monoisotopic (exact) mass is 436 g/mol. The molecule has 1 aliphatic carbocycles. The number of carbonyl (C=O) groups excluding carboxylic acids is 1. The first-order valence-corrected chi connectivity index (χ1v) is 10.6. The predicted molar refractivity (Wildman–Crippen MR) is 114 cm³/mol. The third-order valence-electron chi connectivity index (χ3n) is 6.13. The lowest BCUT2D eigenvalue weighted by Gasteiger charge is -2.17. The minimum Gasteiger partial charge on any atom is -0.378 e. The third kappa shape index (κ3) is 4.02. The van der Waals surface area contributed by atoms with E-state index in [4.69, 9.17) is 0 Å². The van der Waals surface area contributed by atoms with Gasteiger partial charge in [0.2, 0.25) is 5.91 Å². The highest BCUT2D eigenvalue weighted by atomic mass is 19.2. The smallest absolute Gasteiger partial charge is 0.219 e. The van der Waals surface area contributed by atoms with Gasteiger partial charge in [0.1, 0.15) is 0 Å². The molecule has 5 rings (SSSR count). The molecule has 7 nitrogen and oxygen atoms in total. The Balaban J connectivity index is 1.30. The van der Waals surface area contributed by atoms with E-state index in [1.807, 2.05) is 0 Å². The van der Waals surface area contributed by atoms with Crippen molar-refractivity contribution in [1.82, 2.24) is 24.8 Å². The third-order valence-corrected chi connectivity index (χ3v) is 6.13. The lowest BCUT2D eigenvalue weighted by molar-refractivity contribution is -0.127. The minimum atomic E-state index is -0.886. The quantitative estimate of drug-likeness (QED) is 0.659. The second kappa shape index (κ2) is 8.22. The van der Waals surface area contributed by atoms with Crippen molar-refractivity contribution >= 4 is 11.6 Å². The van der Waals surface area contributed by atoms with Crippen molar-refractivity contribution in [3.8, 4) is 11.6 Å². The van der Waals surface area contributed by atoms with E-state index in [2.05, 4.69) is 25.3 Å². The number of halogens is 2. The first-order chi connectivity index (χ1) is 15.5. The molecule has 0 spiro atoms. The molecule has 3 heterocycles. The molecule has 1 aliphatic heterocycles. The summed E-state index contributed by atoms with van der Waals surface area (Å²) >= 11 is 0. The van der Waals surface area contributed by atoms with E-state index in [-0.39, 0.29) is 29.5 Å². The number of likely N-dealkylation sites (tertiary alicyclic amines) is 1. The van der Waals surface area contributed by atoms with Crippen molar-refractivity contribution in [2.75, 3.05) is 18.4 Å². The van der Waals surface area contributed by atoms with Gasteiger partial charge in [0.05, 0.1) is 5.69 Å². The number of nitrogens with zero attached hydrogens (tertiary/aromatic N) is 5. The summed E-state index contributed by atoms with van der Waals surface area (Å²) in [6.07, 6.45) is 8.28. The van der Waals surface area contributed by atoms with Gasteiger partial charge in [-0.1, -0.05) is 0 Å². The Hall–Kier alpha value is -3.49. The average Bonchev–Trinajstić information content (AvgIpc) is 3.47. The Bertz CT molecular complexity index is 1140. The number of hydrogen-bond acceptors (Lipinski definition) is 6. The molecule has 1 saturated carbocycles. The van der Waals surface area contributed by atoms with Gasteiger partial charge in [-0.3, -0.25) is 4.79 Å². The number of nitrogens with one attached hydrogen (secondary N) is 1. The van der Waals surface area contributed by atoms with Crippen LogP contribution in [0.15, 0.2) is 43.0 Å². The molecule has 1 N–H and O–H groups in total. The van der Waals surface area contributed by atoms with Crippen LogP contribution < -0.4 is 5.32 Å². The maximum Gasteiger partial charge on any atom is 0.219 e. The molecule has 3 aromatic rings. The van der Waals surface area contributed by atoms with Gasteiger partial charge in [-0.2, -0.15) is 0 Å². The van der Waals surface area contributed by atoms with Gasteiger partial charge in [-0.25, -0.2) is 28.7 Å². The zero-order valence-corrected chi connectivity index (χ0v) is 17.5. The van der Waals surface area contributed by atoms with Gasteiger partial charge in [0.15, 0.2) is 23.3 Å². The van der Waals surface area contributed by atoms with Crippen LogP contribution in [0.5, 0.6) is 0 Å². The molecular weight excluding hydrogens is 414 g/mol. The van der Waals surface area contributed by atoms with Crippen LogP contribution in [0.4, 0.5) is 14.5 Å². The normalized spacial score (nSPS) is 22.1. The van der Waals surface area contributed by atoms with Crippen LogP contribution in [0.25, 0.3) is 11.6 Å². The van der Waals surface area contributed by atoms with Crippen molar-refractivity contribution < 1.29 is 13.6 Å². The molecule has 164 valence electrons. The highest BCUT2D eigenvalue weighted by Gasteiger charge is 2.41. The number of rotatable bonds is 5. The van der Waals surface area contributed by atoms with E-state index < -0.39 is 11.6 Å². The van der Waals surface area contributed by atoms with E-state index in [9.17, 15) is 13.6 Å². The number of benzene rings is 1. The highest BCUT2D eigenvalue weighted by Crippen LogP contribution is 2.55. The van der Waals surface area contributed by atoms with Crippen LogP contribution in [0.2, 0.25) is 0 Å². The van der Waals surface area contributed by atoms with Gasteiger partial charge in [-0.05, 0) is 54.0 Å². The summed E-state index contributed by atoms with van der Waals surface area (Å²) in [5.41, 5.74) is 1.84. The van der Waals surface area contributed by atoms with E-state index in [1.165, 1.54) is 13.0 Å². The van der Waals surface area contributed by atoms with Crippen LogP contribution in [-0.4, -0.2) is 49.9 Å². The van der Waals surface area contributed by atoms with Crippen LogP contribution in [0.3, 0.4) is 0 Å². The Morgan fingerprint density at radius 2 is 1.72 bits per heavy atom. The van der Waals surface area contributed by atoms with Crippen LogP contribution in [-0.2, 0) is 4.79 Å². The van der Waals surface area contributed by atoms with Crippen LogP contribution >= 0.6 is 0 Å². The number of carbonyl (C=O) groups is 1. The second-order valence-corrected chi connectivity index (χ2v) is 8.32. The Labute approximate surface area is 183 Å². The molecule has 2 aromatic heterocycles. The van der Waals surface area contributed by atoms with Gasteiger partial charge >= 0.3 is 0 Å². The summed E-state index contributed by atoms with van der Waals surface area (Å²) in [6.45, 7) is 2.62. The molecule has 0 radical (unpaired) electrons. The molecule has 2 aliphatic rings. The minimum absolute atomic E-state index is 0.0115. The summed E-state index contributed by atoms with van der Waals surface area (Å²) < 4.78 is 28.8. The second-order valence-electron chi connectivity index (χ2n) is 8.32. The van der Waals surface area contributed by atoms with Gasteiger partial charge < -0.3 is 10.2 Å². The van der Waals surface area contributed by atoms with Gasteiger partial charge in [-0.15, -0.1) is 0 Å². The van der Waals surface area contributed by atoms with E-state index in [1.54, 1.807) is 41.8 Å². The van der Waals surface area contributed by atoms with Gasteiger partial charge in [0.25, 0.3) is 0 Å². The highest BCUT2D eigenvalue weighted by molar-refractivity contribution is 5.73. The zero-order chi connectivity index (χ0) is 22.2. The fourth-order valence-electron chi connectivity index (χ4n) is 4.30. The van der Waals surface area contributed by atoms with E-state index in [0.717, 1.165) is 17.5 Å². The Kier molecular flexibility index (Phi) is 5.24. The topological polar surface area (TPSA) is 83.9 Å². The summed E-state index contributed by atoms with van der Waals surface area (Å²) in [4.78, 5) is 30.3. The van der Waals surface area contributed by atoms with Crippen molar-refractivity contribution in [2.24, 2.45) is 0 Å². The van der Waals surface area contributed by atoms with Crippen molar-refractivity contribution in [3.63, 3.8) is 0 Å². The summed E-state index contributed by atoms with van der Waals surface area (Å²) in [6, 6.07) is 4.59. The number of anilines is 1. The zero-order valence-electron chi connectivity index (χ0n) is 17.5. The fourth-order valence-corrected chi connectivity index (χ4v) is 4.30. The van der Waals surface area contributed by atoms with Crippen molar-refractivity contribution in [2.45, 2.75) is 37.6 Å². The molecular formula is C23H22F2N6O. The molecule has 3 atom stereocenters. The summed E-state index contributed by atoms with van der Waals surface area (Å²) in [5, 5.41) is 3.09. The lowest BCUT2D eigenvalue weighted by atomic mass is 10.0. The van der Waals surface area contributed by atoms with Crippen LogP contribution in [0.1, 0.15) is 42.7 Å². The molecule has 1 amide bonds. The standard InChI is InChI=1S/C23H22F2N6O/c1-13(32)31-6-3-16(12-31)30-20-8-14(7-19(24)21(20)25)17-9-18(17)15-10-28-23(29-11-15)22-26-4-2-5-27-22/h2,4-5,7-8,10-11,16-18,30H,3,6,9,12H2,1H3/t16-,17-,18-/m0/s1. The lowest BCUT2D eigenvalue weighted by Crippen LogP contribution is -2.29. The number of hydrogen-bond donors (Lipinski definition) is 1. The average molecular weight is 436 g/mol. The molecule has 9 heteroatoms. The number of aromatic nitrogens is 4. The molecule has 32 heavy (non-hydrogen) atoms. The van der Waals surface area contributed by atoms with Crippen molar-refractivity contribution in [3.05, 3.63) is 65.7 Å². The Morgan fingerprint density at radius 3 is 2.41 bits per heavy atom. The molecule has 0 bridgehead atoms.